The molecule has 0 unspecified atom stereocenters. The monoisotopic (exact) mass is 320 g/mol. The number of amides is 1. The third-order valence-corrected chi connectivity index (χ3v) is 4.53. The standard InChI is InChI=1S/C17H24N2O2S/c1-3-4-5-6-7-8-9-16(20)19-17-18-14-11-10-13(21-2)12-15(14)22-17/h10-12H,3-9H2,1-2H3,(H,18,19,20). The lowest BCUT2D eigenvalue weighted by Crippen LogP contribution is -2.10. The molecule has 0 saturated heterocycles. The number of anilines is 1. The molecule has 4 nitrogen and oxygen atoms in total. The summed E-state index contributed by atoms with van der Waals surface area (Å²) in [6.45, 7) is 2.21. The summed E-state index contributed by atoms with van der Waals surface area (Å²) in [5, 5.41) is 3.56. The lowest BCUT2D eigenvalue weighted by molar-refractivity contribution is -0.116. The van der Waals surface area contributed by atoms with E-state index in [1.54, 1.807) is 7.11 Å². The van der Waals surface area contributed by atoms with Crippen molar-refractivity contribution in [2.45, 2.75) is 51.9 Å². The van der Waals surface area contributed by atoms with Crippen LogP contribution in [0.1, 0.15) is 51.9 Å². The molecule has 1 aromatic carbocycles. The number of ether oxygens (including phenoxy) is 1. The zero-order valence-electron chi connectivity index (χ0n) is 13.4. The Morgan fingerprint density at radius 1 is 1.23 bits per heavy atom. The summed E-state index contributed by atoms with van der Waals surface area (Å²) in [7, 11) is 1.64. The van der Waals surface area contributed by atoms with Gasteiger partial charge in [-0.05, 0) is 24.6 Å². The number of nitrogens with one attached hydrogen (secondary N) is 1. The molecular weight excluding hydrogens is 296 g/mol. The zero-order chi connectivity index (χ0) is 15.8. The number of unbranched alkanes of at least 4 members (excludes halogenated alkanes) is 5. The number of carbonyl (C=O) groups excluding carboxylic acids is 1. The molecule has 1 heterocycles. The summed E-state index contributed by atoms with van der Waals surface area (Å²) in [5.74, 6) is 0.864. The highest BCUT2D eigenvalue weighted by Crippen LogP contribution is 2.29. The first-order chi connectivity index (χ1) is 10.7. The van der Waals surface area contributed by atoms with E-state index in [2.05, 4.69) is 17.2 Å². The summed E-state index contributed by atoms with van der Waals surface area (Å²) in [6.07, 6.45) is 7.70. The van der Waals surface area contributed by atoms with E-state index in [0.717, 1.165) is 28.8 Å². The molecule has 2 aromatic rings. The predicted octanol–water partition coefficient (Wildman–Crippen LogP) is 4.99. The van der Waals surface area contributed by atoms with Crippen molar-refractivity contribution in [1.29, 1.82) is 0 Å². The van der Waals surface area contributed by atoms with E-state index >= 15 is 0 Å². The Labute approximate surface area is 135 Å². The molecule has 0 bridgehead atoms. The number of fused-ring (bicyclic) bond motifs is 1. The largest absolute Gasteiger partial charge is 0.497 e. The fourth-order valence-electron chi connectivity index (χ4n) is 2.33. The van der Waals surface area contributed by atoms with Crippen LogP contribution in [0.25, 0.3) is 10.2 Å². The number of benzene rings is 1. The summed E-state index contributed by atoms with van der Waals surface area (Å²) in [6, 6.07) is 5.73. The van der Waals surface area contributed by atoms with Gasteiger partial charge in [0.15, 0.2) is 5.13 Å². The maximum absolute atomic E-state index is 11.9. The van der Waals surface area contributed by atoms with E-state index in [-0.39, 0.29) is 5.91 Å². The van der Waals surface area contributed by atoms with Crippen molar-refractivity contribution < 1.29 is 9.53 Å². The summed E-state index contributed by atoms with van der Waals surface area (Å²) in [4.78, 5) is 16.4. The average Bonchev–Trinajstić information content (AvgIpc) is 2.91. The second kappa shape index (κ2) is 8.73. The molecule has 0 saturated carbocycles. The summed E-state index contributed by atoms with van der Waals surface area (Å²) < 4.78 is 6.22. The molecule has 22 heavy (non-hydrogen) atoms. The van der Waals surface area contributed by atoms with Crippen LogP contribution in [0.5, 0.6) is 5.75 Å². The second-order valence-electron chi connectivity index (χ2n) is 5.42. The third-order valence-electron chi connectivity index (χ3n) is 3.60. The highest BCUT2D eigenvalue weighted by Gasteiger charge is 2.08. The minimum absolute atomic E-state index is 0.0570. The summed E-state index contributed by atoms with van der Waals surface area (Å²) >= 11 is 1.48. The topological polar surface area (TPSA) is 51.2 Å². The van der Waals surface area contributed by atoms with Crippen LogP contribution >= 0.6 is 11.3 Å². The van der Waals surface area contributed by atoms with E-state index in [4.69, 9.17) is 4.74 Å². The fraction of sp³-hybridized carbons (Fsp3) is 0.529. The SMILES string of the molecule is CCCCCCCCC(=O)Nc1nc2ccc(OC)cc2s1. The van der Waals surface area contributed by atoms with Crippen LogP contribution in [-0.4, -0.2) is 18.0 Å². The molecule has 5 heteroatoms. The van der Waals surface area contributed by atoms with Crippen LogP contribution in [0.4, 0.5) is 5.13 Å². The number of carbonyl (C=O) groups is 1. The maximum Gasteiger partial charge on any atom is 0.226 e. The van der Waals surface area contributed by atoms with Crippen LogP contribution in [0.3, 0.4) is 0 Å². The minimum atomic E-state index is 0.0570. The minimum Gasteiger partial charge on any atom is -0.497 e. The molecule has 120 valence electrons. The number of hydrogen-bond donors (Lipinski definition) is 1. The van der Waals surface area contributed by atoms with Crippen molar-refractivity contribution in [3.63, 3.8) is 0 Å². The zero-order valence-corrected chi connectivity index (χ0v) is 14.2. The highest BCUT2D eigenvalue weighted by molar-refractivity contribution is 7.22. The Kier molecular flexibility index (Phi) is 6.65. The number of aromatic nitrogens is 1. The van der Waals surface area contributed by atoms with Gasteiger partial charge in [0.25, 0.3) is 0 Å². The highest BCUT2D eigenvalue weighted by atomic mass is 32.1. The van der Waals surface area contributed by atoms with Gasteiger partial charge < -0.3 is 10.1 Å². The van der Waals surface area contributed by atoms with Crippen LogP contribution < -0.4 is 10.1 Å². The molecule has 0 aliphatic carbocycles. The van der Waals surface area contributed by atoms with E-state index < -0.39 is 0 Å². The third kappa shape index (κ3) is 4.98. The van der Waals surface area contributed by atoms with E-state index in [1.165, 1.54) is 37.0 Å². The number of thiazole rings is 1. The Bertz CT molecular complexity index is 610. The molecule has 0 aliphatic heterocycles. The lowest BCUT2D eigenvalue weighted by atomic mass is 10.1. The van der Waals surface area contributed by atoms with Crippen molar-refractivity contribution in [2.24, 2.45) is 0 Å². The predicted molar refractivity (Wildman–Crippen MR) is 92.8 cm³/mol. The van der Waals surface area contributed by atoms with E-state index in [1.807, 2.05) is 18.2 Å². The van der Waals surface area contributed by atoms with E-state index in [0.29, 0.717) is 11.6 Å². The molecule has 0 spiro atoms. The first-order valence-electron chi connectivity index (χ1n) is 7.97. The van der Waals surface area contributed by atoms with Gasteiger partial charge in [-0.25, -0.2) is 4.98 Å². The second-order valence-corrected chi connectivity index (χ2v) is 6.45. The van der Waals surface area contributed by atoms with Gasteiger partial charge in [0.1, 0.15) is 5.75 Å². The van der Waals surface area contributed by atoms with Gasteiger partial charge in [-0.15, -0.1) is 0 Å². The molecule has 1 amide bonds. The van der Waals surface area contributed by atoms with Gasteiger partial charge in [-0.3, -0.25) is 4.79 Å². The first kappa shape index (κ1) is 16.7. The van der Waals surface area contributed by atoms with Crippen LogP contribution in [0, 0.1) is 0 Å². The number of rotatable bonds is 9. The number of methoxy groups -OCH3 is 1. The molecule has 1 aromatic heterocycles. The lowest BCUT2D eigenvalue weighted by Gasteiger charge is -2.01. The van der Waals surface area contributed by atoms with Gasteiger partial charge >= 0.3 is 0 Å². The maximum atomic E-state index is 11.9. The van der Waals surface area contributed by atoms with Crippen molar-refractivity contribution in [1.82, 2.24) is 4.98 Å². The van der Waals surface area contributed by atoms with Crippen molar-refractivity contribution in [3.05, 3.63) is 18.2 Å². The quantitative estimate of drug-likeness (QED) is 0.662. The van der Waals surface area contributed by atoms with Crippen LogP contribution in [-0.2, 0) is 4.79 Å². The average molecular weight is 320 g/mol. The smallest absolute Gasteiger partial charge is 0.226 e. The molecule has 1 N–H and O–H groups in total. The molecule has 0 atom stereocenters. The Balaban J connectivity index is 1.79. The number of nitrogens with zero attached hydrogens (tertiary/aromatic N) is 1. The van der Waals surface area contributed by atoms with Gasteiger partial charge in [-0.2, -0.15) is 0 Å². The van der Waals surface area contributed by atoms with Gasteiger partial charge in [0.2, 0.25) is 5.91 Å². The Morgan fingerprint density at radius 3 is 2.77 bits per heavy atom. The van der Waals surface area contributed by atoms with Crippen LogP contribution in [0.2, 0.25) is 0 Å². The van der Waals surface area contributed by atoms with Gasteiger partial charge in [0.05, 0.1) is 17.3 Å². The van der Waals surface area contributed by atoms with Crippen LogP contribution in [0.15, 0.2) is 18.2 Å². The normalized spacial score (nSPS) is 10.8. The molecular formula is C17H24N2O2S. The molecule has 0 radical (unpaired) electrons. The van der Waals surface area contributed by atoms with Gasteiger partial charge in [0, 0.05) is 6.42 Å². The Morgan fingerprint density at radius 2 is 2.00 bits per heavy atom. The van der Waals surface area contributed by atoms with Crippen molar-refractivity contribution in [2.75, 3.05) is 12.4 Å². The van der Waals surface area contributed by atoms with E-state index in [9.17, 15) is 4.79 Å². The van der Waals surface area contributed by atoms with Gasteiger partial charge in [-0.1, -0.05) is 50.4 Å². The molecule has 2 rings (SSSR count). The molecule has 0 aliphatic rings. The molecule has 0 fully saturated rings. The summed E-state index contributed by atoms with van der Waals surface area (Å²) in [5.41, 5.74) is 0.890. The number of hydrogen-bond acceptors (Lipinski definition) is 4. The fourth-order valence-corrected chi connectivity index (χ4v) is 3.24. The van der Waals surface area contributed by atoms with Crippen molar-refractivity contribution >= 4 is 32.6 Å². The first-order valence-corrected chi connectivity index (χ1v) is 8.79. The van der Waals surface area contributed by atoms with Crippen molar-refractivity contribution in [3.8, 4) is 5.75 Å². The Hall–Kier alpha value is -1.62.